The zero-order valence-corrected chi connectivity index (χ0v) is 15.0. The normalized spacial score (nSPS) is 13.8. The molecule has 0 aromatic heterocycles. The number of hydrogen-bond acceptors (Lipinski definition) is 3. The molecule has 0 aromatic rings. The second-order valence-corrected chi connectivity index (χ2v) is 6.23. The zero-order valence-electron chi connectivity index (χ0n) is 12.5. The van der Waals surface area contributed by atoms with Crippen LogP contribution in [0.2, 0.25) is 0 Å². The van der Waals surface area contributed by atoms with Crippen LogP contribution in [0.4, 0.5) is 0 Å². The van der Waals surface area contributed by atoms with Gasteiger partial charge in [-0.25, -0.2) is 0 Å². The molecule has 1 N–H and O–H groups in total. The van der Waals surface area contributed by atoms with Crippen molar-refractivity contribution in [3.05, 3.63) is 0 Å². The van der Waals surface area contributed by atoms with E-state index in [1.165, 1.54) is 75.1 Å². The molecule has 114 valence electrons. The molecule has 0 amide bonds. The van der Waals surface area contributed by atoms with E-state index in [0.717, 1.165) is 13.1 Å². The van der Waals surface area contributed by atoms with Gasteiger partial charge in [-0.1, -0.05) is 76.5 Å². The molecule has 0 aliphatic carbocycles. The van der Waals surface area contributed by atoms with Crippen molar-refractivity contribution in [2.24, 2.45) is 4.99 Å². The van der Waals surface area contributed by atoms with E-state index in [1.807, 2.05) is 11.8 Å². The minimum Gasteiger partial charge on any atom is -0.363 e. The van der Waals surface area contributed by atoms with Crippen molar-refractivity contribution < 1.29 is 0 Å². The lowest BCUT2D eigenvalue weighted by Gasteiger charge is -2.03. The highest BCUT2D eigenvalue weighted by Gasteiger charge is 2.04. The van der Waals surface area contributed by atoms with Crippen molar-refractivity contribution in [3.63, 3.8) is 0 Å². The van der Waals surface area contributed by atoms with Gasteiger partial charge in [0, 0.05) is 12.3 Å². The van der Waals surface area contributed by atoms with E-state index >= 15 is 0 Å². The maximum Gasteiger partial charge on any atom is 0.156 e. The molecule has 2 nitrogen and oxygen atoms in total. The molecule has 4 heteroatoms. The van der Waals surface area contributed by atoms with E-state index in [2.05, 4.69) is 17.2 Å². The molecule has 1 heterocycles. The lowest BCUT2D eigenvalue weighted by atomic mass is 10.1. The molecule has 19 heavy (non-hydrogen) atoms. The third-order valence-corrected chi connectivity index (χ3v) is 4.42. The summed E-state index contributed by atoms with van der Waals surface area (Å²) >= 11 is 1.90. The Bertz CT molecular complexity index is 222. The SMILES string of the molecule is Br.CCCCCCCCCCCCSC1=NCCN1. The number of nitrogens with zero attached hydrogens (tertiary/aromatic N) is 1. The molecule has 0 bridgehead atoms. The smallest absolute Gasteiger partial charge is 0.156 e. The Labute approximate surface area is 134 Å². The van der Waals surface area contributed by atoms with Gasteiger partial charge in [-0.05, 0) is 6.42 Å². The van der Waals surface area contributed by atoms with E-state index in [0.29, 0.717) is 0 Å². The van der Waals surface area contributed by atoms with Crippen LogP contribution in [0.5, 0.6) is 0 Å². The Balaban J connectivity index is 0.00000324. The number of thioether (sulfide) groups is 1. The van der Waals surface area contributed by atoms with E-state index in [9.17, 15) is 0 Å². The van der Waals surface area contributed by atoms with Crippen LogP contribution in [0.1, 0.15) is 71.1 Å². The topological polar surface area (TPSA) is 24.4 Å². The molecule has 0 spiro atoms. The highest BCUT2D eigenvalue weighted by molar-refractivity contribution is 8.93. The van der Waals surface area contributed by atoms with Crippen molar-refractivity contribution in [3.8, 4) is 0 Å². The monoisotopic (exact) mass is 350 g/mol. The minimum atomic E-state index is 0. The molecule has 0 fully saturated rings. The molecular formula is C15H31BrN2S. The predicted octanol–water partition coefficient (Wildman–Crippen LogP) is 5.18. The summed E-state index contributed by atoms with van der Waals surface area (Å²) in [5.41, 5.74) is 0. The molecular weight excluding hydrogens is 320 g/mol. The van der Waals surface area contributed by atoms with E-state index in [4.69, 9.17) is 0 Å². The summed E-state index contributed by atoms with van der Waals surface area (Å²) < 4.78 is 0. The number of nitrogens with one attached hydrogen (secondary N) is 1. The van der Waals surface area contributed by atoms with Gasteiger partial charge in [0.25, 0.3) is 0 Å². The second kappa shape index (κ2) is 14.7. The molecule has 0 atom stereocenters. The van der Waals surface area contributed by atoms with E-state index in [-0.39, 0.29) is 17.0 Å². The number of hydrogen-bond donors (Lipinski definition) is 1. The maximum atomic E-state index is 4.39. The Morgan fingerprint density at radius 1 is 0.947 bits per heavy atom. The van der Waals surface area contributed by atoms with Crippen molar-refractivity contribution in [2.75, 3.05) is 18.8 Å². The quantitative estimate of drug-likeness (QED) is 0.519. The van der Waals surface area contributed by atoms with Crippen LogP contribution >= 0.6 is 28.7 Å². The Morgan fingerprint density at radius 3 is 2.05 bits per heavy atom. The van der Waals surface area contributed by atoms with Crippen molar-refractivity contribution in [2.45, 2.75) is 71.1 Å². The molecule has 0 saturated carbocycles. The summed E-state index contributed by atoms with van der Waals surface area (Å²) in [6.45, 7) is 4.30. The molecule has 1 aliphatic heterocycles. The van der Waals surface area contributed by atoms with Gasteiger partial charge in [0.15, 0.2) is 5.17 Å². The lowest BCUT2D eigenvalue weighted by molar-refractivity contribution is 0.563. The summed E-state index contributed by atoms with van der Waals surface area (Å²) in [6, 6.07) is 0. The van der Waals surface area contributed by atoms with Crippen LogP contribution in [0.3, 0.4) is 0 Å². The lowest BCUT2D eigenvalue weighted by Crippen LogP contribution is -2.15. The molecule has 1 rings (SSSR count). The Kier molecular flexibility index (Phi) is 14.9. The van der Waals surface area contributed by atoms with Gasteiger partial charge in [-0.2, -0.15) is 0 Å². The third kappa shape index (κ3) is 11.8. The Hall–Kier alpha value is 0.300. The molecule has 0 unspecified atom stereocenters. The molecule has 0 saturated heterocycles. The van der Waals surface area contributed by atoms with E-state index in [1.54, 1.807) is 0 Å². The maximum absolute atomic E-state index is 4.39. The highest BCUT2D eigenvalue weighted by atomic mass is 79.9. The van der Waals surface area contributed by atoms with Crippen LogP contribution in [-0.2, 0) is 0 Å². The largest absolute Gasteiger partial charge is 0.363 e. The van der Waals surface area contributed by atoms with Gasteiger partial charge in [0.2, 0.25) is 0 Å². The van der Waals surface area contributed by atoms with Gasteiger partial charge in [0.05, 0.1) is 6.54 Å². The average molecular weight is 351 g/mol. The van der Waals surface area contributed by atoms with Gasteiger partial charge >= 0.3 is 0 Å². The van der Waals surface area contributed by atoms with Crippen LogP contribution < -0.4 is 5.32 Å². The molecule has 1 aliphatic rings. The fraction of sp³-hybridized carbons (Fsp3) is 0.933. The van der Waals surface area contributed by atoms with Crippen molar-refractivity contribution in [1.29, 1.82) is 0 Å². The first-order valence-corrected chi connectivity index (χ1v) is 8.83. The average Bonchev–Trinajstić information content (AvgIpc) is 2.89. The van der Waals surface area contributed by atoms with Gasteiger partial charge in [-0.3, -0.25) is 4.99 Å². The minimum absolute atomic E-state index is 0. The van der Waals surface area contributed by atoms with Crippen molar-refractivity contribution >= 4 is 33.9 Å². The van der Waals surface area contributed by atoms with Crippen LogP contribution in [0.25, 0.3) is 0 Å². The number of halogens is 1. The fourth-order valence-corrected chi connectivity index (χ4v) is 3.16. The number of unbranched alkanes of at least 4 members (excludes halogenated alkanes) is 9. The summed E-state index contributed by atoms with van der Waals surface area (Å²) in [4.78, 5) is 4.39. The first-order valence-electron chi connectivity index (χ1n) is 7.84. The van der Waals surface area contributed by atoms with E-state index < -0.39 is 0 Å². The number of rotatable bonds is 11. The Morgan fingerprint density at radius 2 is 1.53 bits per heavy atom. The third-order valence-electron chi connectivity index (χ3n) is 3.38. The molecule has 0 aromatic carbocycles. The van der Waals surface area contributed by atoms with Crippen LogP contribution in [0, 0.1) is 0 Å². The summed E-state index contributed by atoms with van der Waals surface area (Å²) in [7, 11) is 0. The van der Waals surface area contributed by atoms with Gasteiger partial charge in [0.1, 0.15) is 0 Å². The predicted molar refractivity (Wildman–Crippen MR) is 94.9 cm³/mol. The molecule has 0 radical (unpaired) electrons. The van der Waals surface area contributed by atoms with Gasteiger partial charge in [-0.15, -0.1) is 17.0 Å². The second-order valence-electron chi connectivity index (χ2n) is 5.14. The number of amidine groups is 1. The summed E-state index contributed by atoms with van der Waals surface area (Å²) in [5, 5.41) is 4.48. The number of aliphatic imine (C=N–C) groups is 1. The van der Waals surface area contributed by atoms with Gasteiger partial charge < -0.3 is 5.32 Å². The standard InChI is InChI=1S/C15H30N2S.BrH/c1-2-3-4-5-6-7-8-9-10-11-14-18-15-16-12-13-17-15;/h2-14H2,1H3,(H,16,17);1H. The summed E-state index contributed by atoms with van der Waals surface area (Å²) in [6.07, 6.45) is 14.2. The zero-order chi connectivity index (χ0) is 12.9. The first-order chi connectivity index (χ1) is 8.93. The van der Waals surface area contributed by atoms with Crippen LogP contribution in [0.15, 0.2) is 4.99 Å². The van der Waals surface area contributed by atoms with Crippen LogP contribution in [-0.4, -0.2) is 24.0 Å². The fourth-order valence-electron chi connectivity index (χ4n) is 2.23. The first kappa shape index (κ1) is 19.3. The highest BCUT2D eigenvalue weighted by Crippen LogP contribution is 2.13. The van der Waals surface area contributed by atoms with Crippen molar-refractivity contribution in [1.82, 2.24) is 5.32 Å². The summed E-state index contributed by atoms with van der Waals surface area (Å²) in [5.74, 6) is 1.24.